The molecule has 2 amide bonds. The van der Waals surface area contributed by atoms with Crippen molar-refractivity contribution in [2.24, 2.45) is 0 Å². The molecule has 0 aromatic heterocycles. The number of benzene rings is 2. The highest BCUT2D eigenvalue weighted by atomic mass is 16.5. The number of anilines is 1. The molecule has 0 bridgehead atoms. The molecule has 2 aromatic carbocycles. The van der Waals surface area contributed by atoms with Crippen LogP contribution in [0.4, 0.5) is 5.69 Å². The summed E-state index contributed by atoms with van der Waals surface area (Å²) in [6.45, 7) is 3.25. The fourth-order valence-electron chi connectivity index (χ4n) is 2.70. The Kier molecular flexibility index (Phi) is 5.73. The second kappa shape index (κ2) is 8.39. The first-order valence-electron chi connectivity index (χ1n) is 8.82. The molecule has 2 aromatic rings. The molecule has 3 rings (SSSR count). The van der Waals surface area contributed by atoms with E-state index in [1.54, 1.807) is 31.2 Å². The summed E-state index contributed by atoms with van der Waals surface area (Å²) in [4.78, 5) is 47.8. The van der Waals surface area contributed by atoms with Crippen LogP contribution in [0.3, 0.4) is 0 Å². The van der Waals surface area contributed by atoms with Crippen molar-refractivity contribution in [3.05, 3.63) is 65.2 Å². The lowest BCUT2D eigenvalue weighted by Gasteiger charge is -2.14. The van der Waals surface area contributed by atoms with Crippen molar-refractivity contribution >= 4 is 35.5 Å². The molecule has 1 fully saturated rings. The summed E-state index contributed by atoms with van der Waals surface area (Å²) in [5.41, 5.74) is 3.68. The highest BCUT2D eigenvalue weighted by Gasteiger charge is 2.34. The zero-order valence-electron chi connectivity index (χ0n) is 15.8. The smallest absolute Gasteiger partial charge is 0.338 e. The normalized spacial score (nSPS) is 14.7. The van der Waals surface area contributed by atoms with Crippen LogP contribution in [-0.4, -0.2) is 30.4 Å². The molecule has 1 aliphatic rings. The van der Waals surface area contributed by atoms with Gasteiger partial charge in [-0.05, 0) is 55.0 Å². The van der Waals surface area contributed by atoms with E-state index in [0.29, 0.717) is 22.6 Å². The first-order chi connectivity index (χ1) is 13.9. The molecule has 0 unspecified atom stereocenters. The van der Waals surface area contributed by atoms with Gasteiger partial charge in [-0.3, -0.25) is 19.8 Å². The van der Waals surface area contributed by atoms with Gasteiger partial charge >= 0.3 is 11.9 Å². The minimum atomic E-state index is -0.567. The fourth-order valence-corrected chi connectivity index (χ4v) is 2.70. The SMILES string of the molecule is CCOC(=O)c1ccc(N2NC(=O)/C(=C/c3cccc(OC(C)=O)c3)C2=O)cc1. The average molecular weight is 394 g/mol. The van der Waals surface area contributed by atoms with E-state index < -0.39 is 23.8 Å². The van der Waals surface area contributed by atoms with Gasteiger partial charge in [-0.1, -0.05) is 12.1 Å². The van der Waals surface area contributed by atoms with Crippen molar-refractivity contribution in [1.82, 2.24) is 5.43 Å². The zero-order valence-corrected chi connectivity index (χ0v) is 15.8. The third kappa shape index (κ3) is 4.49. The van der Waals surface area contributed by atoms with Gasteiger partial charge in [-0.25, -0.2) is 9.80 Å². The van der Waals surface area contributed by atoms with Gasteiger partial charge in [0.1, 0.15) is 11.3 Å². The minimum absolute atomic E-state index is 0.0700. The van der Waals surface area contributed by atoms with Crippen LogP contribution in [0, 0.1) is 0 Å². The number of rotatable bonds is 5. The van der Waals surface area contributed by atoms with Gasteiger partial charge in [0.15, 0.2) is 0 Å². The Morgan fingerprint density at radius 1 is 1.10 bits per heavy atom. The lowest BCUT2D eigenvalue weighted by molar-refractivity contribution is -0.132. The number of hydrazine groups is 1. The molecular weight excluding hydrogens is 376 g/mol. The number of carbonyl (C=O) groups is 4. The summed E-state index contributed by atoms with van der Waals surface area (Å²) < 4.78 is 9.93. The lowest BCUT2D eigenvalue weighted by Crippen LogP contribution is -2.35. The van der Waals surface area contributed by atoms with Gasteiger partial charge in [0.05, 0.1) is 17.9 Å². The molecular formula is C21H18N2O6. The Morgan fingerprint density at radius 2 is 1.83 bits per heavy atom. The number of nitrogens with one attached hydrogen (secondary N) is 1. The molecule has 0 saturated carbocycles. The van der Waals surface area contributed by atoms with Crippen molar-refractivity contribution in [1.29, 1.82) is 0 Å². The molecule has 148 valence electrons. The highest BCUT2D eigenvalue weighted by molar-refractivity contribution is 6.31. The van der Waals surface area contributed by atoms with Gasteiger partial charge in [-0.2, -0.15) is 0 Å². The fraction of sp³-hybridized carbons (Fsp3) is 0.143. The van der Waals surface area contributed by atoms with Gasteiger partial charge < -0.3 is 9.47 Å². The molecule has 1 N–H and O–H groups in total. The topological polar surface area (TPSA) is 102 Å². The van der Waals surface area contributed by atoms with Crippen LogP contribution in [0.25, 0.3) is 6.08 Å². The first kappa shape index (κ1) is 19.8. The molecule has 8 nitrogen and oxygen atoms in total. The van der Waals surface area contributed by atoms with E-state index in [2.05, 4.69) is 5.43 Å². The van der Waals surface area contributed by atoms with Crippen molar-refractivity contribution in [2.75, 3.05) is 11.6 Å². The second-order valence-electron chi connectivity index (χ2n) is 6.07. The molecule has 1 saturated heterocycles. The predicted octanol–water partition coefficient (Wildman–Crippen LogP) is 2.25. The van der Waals surface area contributed by atoms with Crippen LogP contribution in [0.15, 0.2) is 54.1 Å². The molecule has 0 spiro atoms. The molecule has 0 radical (unpaired) electrons. The van der Waals surface area contributed by atoms with Crippen LogP contribution >= 0.6 is 0 Å². The Bertz CT molecular complexity index is 1010. The van der Waals surface area contributed by atoms with Crippen molar-refractivity contribution < 1.29 is 28.7 Å². The number of carbonyl (C=O) groups excluding carboxylic acids is 4. The Morgan fingerprint density at radius 3 is 2.48 bits per heavy atom. The minimum Gasteiger partial charge on any atom is -0.462 e. The van der Waals surface area contributed by atoms with Crippen LogP contribution in [-0.2, 0) is 19.1 Å². The number of hydrogen-bond donors (Lipinski definition) is 1. The summed E-state index contributed by atoms with van der Waals surface area (Å²) in [7, 11) is 0. The Hall–Kier alpha value is -3.94. The van der Waals surface area contributed by atoms with E-state index in [1.165, 1.54) is 37.3 Å². The predicted molar refractivity (Wildman–Crippen MR) is 104 cm³/mol. The van der Waals surface area contributed by atoms with Crippen LogP contribution < -0.4 is 15.2 Å². The Labute approximate surface area is 166 Å². The third-order valence-corrected chi connectivity index (χ3v) is 3.96. The summed E-state index contributed by atoms with van der Waals surface area (Å²) in [5, 5.41) is 1.10. The van der Waals surface area contributed by atoms with Crippen LogP contribution in [0.5, 0.6) is 5.75 Å². The first-order valence-corrected chi connectivity index (χ1v) is 8.82. The maximum atomic E-state index is 12.7. The van der Waals surface area contributed by atoms with E-state index in [0.717, 1.165) is 5.01 Å². The standard InChI is InChI=1S/C21H18N2O6/c1-3-28-21(27)15-7-9-16(10-8-15)23-20(26)18(19(25)22-23)12-14-5-4-6-17(11-14)29-13(2)24/h4-12H,3H2,1-2H3,(H,22,25)/b18-12-. The van der Waals surface area contributed by atoms with Crippen molar-refractivity contribution in [2.45, 2.75) is 13.8 Å². The summed E-state index contributed by atoms with van der Waals surface area (Å²) in [6, 6.07) is 12.6. The zero-order chi connectivity index (χ0) is 21.0. The molecule has 0 aliphatic carbocycles. The molecule has 1 aliphatic heterocycles. The summed E-state index contributed by atoms with van der Waals surface area (Å²) >= 11 is 0. The number of hydrogen-bond acceptors (Lipinski definition) is 6. The lowest BCUT2D eigenvalue weighted by atomic mass is 10.1. The highest BCUT2D eigenvalue weighted by Crippen LogP contribution is 2.23. The van der Waals surface area contributed by atoms with E-state index in [-0.39, 0.29) is 12.2 Å². The monoisotopic (exact) mass is 394 g/mol. The van der Waals surface area contributed by atoms with E-state index in [4.69, 9.17) is 9.47 Å². The quantitative estimate of drug-likeness (QED) is 0.361. The number of amides is 2. The average Bonchev–Trinajstić information content (AvgIpc) is 2.96. The number of ether oxygens (including phenoxy) is 2. The third-order valence-electron chi connectivity index (χ3n) is 3.96. The Balaban J connectivity index is 1.82. The molecule has 8 heteroatoms. The van der Waals surface area contributed by atoms with E-state index in [1.807, 2.05) is 0 Å². The number of nitrogens with zero attached hydrogens (tertiary/aromatic N) is 1. The van der Waals surface area contributed by atoms with Crippen molar-refractivity contribution in [3.63, 3.8) is 0 Å². The van der Waals surface area contributed by atoms with Crippen LogP contribution in [0.2, 0.25) is 0 Å². The van der Waals surface area contributed by atoms with Gasteiger partial charge in [0, 0.05) is 6.92 Å². The number of esters is 2. The summed E-state index contributed by atoms with van der Waals surface area (Å²) in [6.07, 6.45) is 1.41. The van der Waals surface area contributed by atoms with Crippen molar-refractivity contribution in [3.8, 4) is 5.75 Å². The summed E-state index contributed by atoms with van der Waals surface area (Å²) in [5.74, 6) is -1.74. The molecule has 1 heterocycles. The molecule has 29 heavy (non-hydrogen) atoms. The van der Waals surface area contributed by atoms with Gasteiger partial charge in [-0.15, -0.1) is 0 Å². The molecule has 0 atom stereocenters. The van der Waals surface area contributed by atoms with Gasteiger partial charge in [0.2, 0.25) is 0 Å². The van der Waals surface area contributed by atoms with Crippen LogP contribution in [0.1, 0.15) is 29.8 Å². The second-order valence-corrected chi connectivity index (χ2v) is 6.07. The largest absolute Gasteiger partial charge is 0.462 e. The maximum Gasteiger partial charge on any atom is 0.338 e. The van der Waals surface area contributed by atoms with E-state index >= 15 is 0 Å². The van der Waals surface area contributed by atoms with E-state index in [9.17, 15) is 19.2 Å². The maximum absolute atomic E-state index is 12.7. The van der Waals surface area contributed by atoms with Gasteiger partial charge in [0.25, 0.3) is 11.8 Å².